The lowest BCUT2D eigenvalue weighted by molar-refractivity contribution is 0.101. The van der Waals surface area contributed by atoms with Gasteiger partial charge in [-0.1, -0.05) is 68.4 Å². The summed E-state index contributed by atoms with van der Waals surface area (Å²) in [5.41, 5.74) is 4.62. The van der Waals surface area contributed by atoms with Crippen LogP contribution >= 0.6 is 0 Å². The number of hydrogen-bond acceptors (Lipinski definition) is 3. The Morgan fingerprint density at radius 2 is 1.38 bits per heavy atom. The molecular formula is C26H38N2O. The molecule has 0 aliphatic carbocycles. The minimum absolute atomic E-state index is 0.0381. The second kappa shape index (κ2) is 7.93. The summed E-state index contributed by atoms with van der Waals surface area (Å²) in [6.07, 6.45) is 1.69. The van der Waals surface area contributed by atoms with Crippen LogP contribution in [-0.2, 0) is 10.8 Å². The third-order valence-corrected chi connectivity index (χ3v) is 5.02. The number of carbonyl (C=O) groups excluding carboxylic acids is 1. The highest BCUT2D eigenvalue weighted by molar-refractivity contribution is 5.93. The quantitative estimate of drug-likeness (QED) is 0.520. The average molecular weight is 395 g/mol. The fourth-order valence-corrected chi connectivity index (χ4v) is 3.17. The zero-order valence-corrected chi connectivity index (χ0v) is 20.0. The second-order valence-corrected chi connectivity index (χ2v) is 11.4. The van der Waals surface area contributed by atoms with Gasteiger partial charge in [0.2, 0.25) is 0 Å². The van der Waals surface area contributed by atoms with Crippen molar-refractivity contribution in [2.24, 2.45) is 5.41 Å². The van der Waals surface area contributed by atoms with Gasteiger partial charge in [-0.3, -0.25) is 4.79 Å². The summed E-state index contributed by atoms with van der Waals surface area (Å²) in [7, 11) is 0. The van der Waals surface area contributed by atoms with E-state index in [9.17, 15) is 4.79 Å². The van der Waals surface area contributed by atoms with Crippen LogP contribution in [0.2, 0.25) is 0 Å². The lowest BCUT2D eigenvalue weighted by Gasteiger charge is -2.34. The van der Waals surface area contributed by atoms with Gasteiger partial charge in [-0.25, -0.2) is 4.98 Å². The van der Waals surface area contributed by atoms with Crippen LogP contribution in [0.1, 0.15) is 90.7 Å². The van der Waals surface area contributed by atoms with Gasteiger partial charge in [0.1, 0.15) is 5.82 Å². The summed E-state index contributed by atoms with van der Waals surface area (Å²) < 4.78 is 0. The number of aromatic nitrogens is 1. The van der Waals surface area contributed by atoms with E-state index in [1.807, 2.05) is 12.1 Å². The Morgan fingerprint density at radius 1 is 0.862 bits per heavy atom. The molecule has 0 bridgehead atoms. The van der Waals surface area contributed by atoms with Gasteiger partial charge in [-0.2, -0.15) is 0 Å². The van der Waals surface area contributed by atoms with E-state index in [2.05, 4.69) is 90.4 Å². The standard InChI is InChI=1S/C26H38N2O/c1-18(29)19-11-12-23(27-16-19)28(17-24(2,3)4)22-14-20(25(5,6)7)13-21(15-22)26(8,9)10/h11-16H,17H2,1-10H3. The van der Waals surface area contributed by atoms with Crippen molar-refractivity contribution in [3.63, 3.8) is 0 Å². The van der Waals surface area contributed by atoms with Gasteiger partial charge in [0.15, 0.2) is 5.78 Å². The van der Waals surface area contributed by atoms with Crippen molar-refractivity contribution in [3.8, 4) is 0 Å². The second-order valence-electron chi connectivity index (χ2n) is 11.4. The van der Waals surface area contributed by atoms with E-state index >= 15 is 0 Å². The van der Waals surface area contributed by atoms with E-state index in [0.29, 0.717) is 5.56 Å². The predicted octanol–water partition coefficient (Wildman–Crippen LogP) is 7.06. The van der Waals surface area contributed by atoms with Crippen molar-refractivity contribution >= 4 is 17.3 Å². The number of Topliss-reactive ketones (excluding diaryl/α,β-unsaturated/α-hetero) is 1. The van der Waals surface area contributed by atoms with E-state index < -0.39 is 0 Å². The lowest BCUT2D eigenvalue weighted by Crippen LogP contribution is -2.30. The first-order valence-electron chi connectivity index (χ1n) is 10.5. The van der Waals surface area contributed by atoms with Gasteiger partial charge in [0, 0.05) is 24.0 Å². The average Bonchev–Trinajstić information content (AvgIpc) is 2.57. The van der Waals surface area contributed by atoms with Crippen LogP contribution in [0, 0.1) is 5.41 Å². The van der Waals surface area contributed by atoms with Crippen molar-refractivity contribution in [1.29, 1.82) is 0 Å². The van der Waals surface area contributed by atoms with Crippen molar-refractivity contribution < 1.29 is 4.79 Å². The smallest absolute Gasteiger partial charge is 0.161 e. The number of benzene rings is 1. The van der Waals surface area contributed by atoms with E-state index in [0.717, 1.165) is 18.1 Å². The summed E-state index contributed by atoms with van der Waals surface area (Å²) in [5.74, 6) is 0.909. The highest BCUT2D eigenvalue weighted by atomic mass is 16.1. The van der Waals surface area contributed by atoms with Crippen LogP contribution in [0.4, 0.5) is 11.5 Å². The summed E-state index contributed by atoms with van der Waals surface area (Å²) >= 11 is 0. The monoisotopic (exact) mass is 394 g/mol. The maximum absolute atomic E-state index is 11.7. The molecule has 3 heteroatoms. The van der Waals surface area contributed by atoms with Gasteiger partial charge in [0.05, 0.1) is 0 Å². The number of carbonyl (C=O) groups is 1. The molecule has 158 valence electrons. The molecule has 0 atom stereocenters. The zero-order valence-electron chi connectivity index (χ0n) is 20.0. The number of ketones is 1. The van der Waals surface area contributed by atoms with Gasteiger partial charge >= 0.3 is 0 Å². The topological polar surface area (TPSA) is 33.2 Å². The van der Waals surface area contributed by atoms with E-state index in [4.69, 9.17) is 0 Å². The van der Waals surface area contributed by atoms with Crippen LogP contribution in [0.25, 0.3) is 0 Å². The Bertz CT molecular complexity index is 827. The fraction of sp³-hybridized carbons (Fsp3) is 0.538. The van der Waals surface area contributed by atoms with E-state index in [-0.39, 0.29) is 22.0 Å². The molecule has 1 aromatic carbocycles. The van der Waals surface area contributed by atoms with E-state index in [1.165, 1.54) is 11.1 Å². The summed E-state index contributed by atoms with van der Waals surface area (Å²) in [5, 5.41) is 0. The molecule has 0 saturated carbocycles. The molecule has 3 nitrogen and oxygen atoms in total. The fourth-order valence-electron chi connectivity index (χ4n) is 3.17. The number of pyridine rings is 1. The molecule has 0 saturated heterocycles. The minimum atomic E-state index is 0.0381. The molecule has 1 aromatic heterocycles. The Kier molecular flexibility index (Phi) is 6.32. The van der Waals surface area contributed by atoms with Crippen LogP contribution in [0.3, 0.4) is 0 Å². The Morgan fingerprint density at radius 3 is 1.72 bits per heavy atom. The number of rotatable bonds is 4. The molecule has 0 aliphatic rings. The Balaban J connectivity index is 2.68. The summed E-state index contributed by atoms with van der Waals surface area (Å²) in [6, 6.07) is 10.8. The molecule has 0 fully saturated rings. The first-order valence-corrected chi connectivity index (χ1v) is 10.5. The number of nitrogens with zero attached hydrogens (tertiary/aromatic N) is 2. The van der Waals surface area contributed by atoms with E-state index in [1.54, 1.807) is 13.1 Å². The highest BCUT2D eigenvalue weighted by Crippen LogP contribution is 2.36. The van der Waals surface area contributed by atoms with Crippen LogP contribution < -0.4 is 4.90 Å². The van der Waals surface area contributed by atoms with Crippen molar-refractivity contribution in [2.75, 3.05) is 11.4 Å². The minimum Gasteiger partial charge on any atom is -0.326 e. The van der Waals surface area contributed by atoms with Crippen LogP contribution in [0.15, 0.2) is 36.5 Å². The van der Waals surface area contributed by atoms with Crippen LogP contribution in [-0.4, -0.2) is 17.3 Å². The lowest BCUT2D eigenvalue weighted by atomic mass is 9.80. The Labute approximate surface area is 177 Å². The maximum atomic E-state index is 11.7. The summed E-state index contributed by atoms with van der Waals surface area (Å²) in [4.78, 5) is 18.6. The molecule has 1 heterocycles. The molecule has 0 radical (unpaired) electrons. The molecule has 0 spiro atoms. The third-order valence-electron chi connectivity index (χ3n) is 5.02. The Hall–Kier alpha value is -2.16. The first-order chi connectivity index (χ1) is 13.1. The maximum Gasteiger partial charge on any atom is 0.161 e. The van der Waals surface area contributed by atoms with Crippen molar-refractivity contribution in [2.45, 2.75) is 80.1 Å². The largest absolute Gasteiger partial charge is 0.326 e. The van der Waals surface area contributed by atoms with Gasteiger partial charge < -0.3 is 4.90 Å². The molecule has 29 heavy (non-hydrogen) atoms. The van der Waals surface area contributed by atoms with Gasteiger partial charge in [0.25, 0.3) is 0 Å². The SMILES string of the molecule is CC(=O)c1ccc(N(CC(C)(C)C)c2cc(C(C)(C)C)cc(C(C)(C)C)c2)nc1. The highest BCUT2D eigenvalue weighted by Gasteiger charge is 2.25. The molecule has 2 aromatic rings. The van der Waals surface area contributed by atoms with Crippen LogP contribution in [0.5, 0.6) is 0 Å². The molecule has 0 N–H and O–H groups in total. The number of hydrogen-bond donors (Lipinski definition) is 0. The predicted molar refractivity (Wildman–Crippen MR) is 125 cm³/mol. The molecular weight excluding hydrogens is 356 g/mol. The summed E-state index contributed by atoms with van der Waals surface area (Å²) in [6.45, 7) is 22.7. The number of anilines is 2. The van der Waals surface area contributed by atoms with Gasteiger partial charge in [-0.05, 0) is 58.6 Å². The molecule has 0 aliphatic heterocycles. The first kappa shape index (κ1) is 23.1. The molecule has 2 rings (SSSR count). The van der Waals surface area contributed by atoms with Crippen molar-refractivity contribution in [1.82, 2.24) is 4.98 Å². The molecule has 0 amide bonds. The third kappa shape index (κ3) is 6.16. The van der Waals surface area contributed by atoms with Gasteiger partial charge in [-0.15, -0.1) is 0 Å². The molecule has 0 unspecified atom stereocenters. The van der Waals surface area contributed by atoms with Crippen molar-refractivity contribution in [3.05, 3.63) is 53.2 Å². The normalized spacial score (nSPS) is 12.8. The zero-order chi connectivity index (χ0) is 22.2.